The zero-order chi connectivity index (χ0) is 18.3. The van der Waals surface area contributed by atoms with Crippen molar-refractivity contribution in [1.82, 2.24) is 14.9 Å². The van der Waals surface area contributed by atoms with Crippen LogP contribution in [0.5, 0.6) is 0 Å². The van der Waals surface area contributed by atoms with Crippen LogP contribution in [0.15, 0.2) is 52.7 Å². The van der Waals surface area contributed by atoms with Gasteiger partial charge in [0.2, 0.25) is 5.16 Å². The van der Waals surface area contributed by atoms with Gasteiger partial charge in [-0.2, -0.15) is 9.78 Å². The highest BCUT2D eigenvalue weighted by Crippen LogP contribution is 2.30. The molecule has 2 aromatic carbocycles. The fraction of sp³-hybridized carbons (Fsp3) is 0.167. The van der Waals surface area contributed by atoms with Crippen molar-refractivity contribution in [2.45, 2.75) is 19.0 Å². The highest BCUT2D eigenvalue weighted by Gasteiger charge is 2.22. The van der Waals surface area contributed by atoms with Gasteiger partial charge in [-0.3, -0.25) is 10.1 Å². The van der Waals surface area contributed by atoms with Crippen LogP contribution in [0, 0.1) is 24.0 Å². The lowest BCUT2D eigenvalue weighted by molar-refractivity contribution is -0.385. The number of aryl methyl sites for hydroxylation is 2. The van der Waals surface area contributed by atoms with Gasteiger partial charge in [-0.15, -0.1) is 10.2 Å². The number of hydrogen-bond donors (Lipinski definition) is 0. The SMILES string of the molecule is Cc1ccccc1-c1nnc2n1N=C(c1ccc(C)c([N+](=O)[O-])c1)CS2. The van der Waals surface area contributed by atoms with Crippen molar-refractivity contribution in [2.24, 2.45) is 5.10 Å². The molecule has 2 heterocycles. The van der Waals surface area contributed by atoms with Crippen molar-refractivity contribution in [3.8, 4) is 11.4 Å². The van der Waals surface area contributed by atoms with Crippen molar-refractivity contribution in [3.05, 3.63) is 69.3 Å². The number of hydrogen-bond acceptors (Lipinski definition) is 6. The summed E-state index contributed by atoms with van der Waals surface area (Å²) >= 11 is 1.52. The molecule has 0 fully saturated rings. The molecule has 0 radical (unpaired) electrons. The fourth-order valence-corrected chi connectivity index (χ4v) is 3.68. The summed E-state index contributed by atoms with van der Waals surface area (Å²) < 4.78 is 1.72. The van der Waals surface area contributed by atoms with E-state index in [0.29, 0.717) is 22.3 Å². The van der Waals surface area contributed by atoms with E-state index in [4.69, 9.17) is 0 Å². The summed E-state index contributed by atoms with van der Waals surface area (Å²) in [6, 6.07) is 13.1. The lowest BCUT2D eigenvalue weighted by Gasteiger charge is -2.14. The third kappa shape index (κ3) is 2.78. The molecule has 0 unspecified atom stereocenters. The highest BCUT2D eigenvalue weighted by molar-refractivity contribution is 7.99. The smallest absolute Gasteiger partial charge is 0.258 e. The molecule has 0 atom stereocenters. The van der Waals surface area contributed by atoms with Crippen LogP contribution >= 0.6 is 11.8 Å². The molecule has 26 heavy (non-hydrogen) atoms. The number of nitro benzene ring substituents is 1. The first-order valence-corrected chi connectivity index (χ1v) is 9.00. The van der Waals surface area contributed by atoms with Gasteiger partial charge in [0.25, 0.3) is 5.69 Å². The first kappa shape index (κ1) is 16.5. The standard InChI is InChI=1S/C18H15N5O2S/c1-11-5-3-4-6-14(11)17-19-20-18-22(17)21-15(10-26-18)13-8-7-12(2)16(9-13)23(24)25/h3-9H,10H2,1-2H3. The number of thioether (sulfide) groups is 1. The van der Waals surface area contributed by atoms with Crippen molar-refractivity contribution >= 4 is 23.2 Å². The van der Waals surface area contributed by atoms with Crippen LogP contribution < -0.4 is 0 Å². The van der Waals surface area contributed by atoms with Gasteiger partial charge in [0.15, 0.2) is 5.82 Å². The third-order valence-electron chi connectivity index (χ3n) is 4.30. The Balaban J connectivity index is 1.81. The number of rotatable bonds is 3. The molecule has 0 spiro atoms. The molecule has 0 N–H and O–H groups in total. The second-order valence-electron chi connectivity index (χ2n) is 6.03. The van der Waals surface area contributed by atoms with Crippen molar-refractivity contribution in [3.63, 3.8) is 0 Å². The van der Waals surface area contributed by atoms with Gasteiger partial charge in [0.05, 0.1) is 10.6 Å². The van der Waals surface area contributed by atoms with Crippen LogP contribution in [-0.4, -0.2) is 31.3 Å². The lowest BCUT2D eigenvalue weighted by Crippen LogP contribution is -2.14. The first-order valence-electron chi connectivity index (χ1n) is 8.02. The second kappa shape index (κ2) is 6.38. The second-order valence-corrected chi connectivity index (χ2v) is 6.97. The maximum Gasteiger partial charge on any atom is 0.272 e. The molecule has 0 saturated heterocycles. The van der Waals surface area contributed by atoms with Gasteiger partial charge in [0.1, 0.15) is 0 Å². The van der Waals surface area contributed by atoms with E-state index in [1.165, 1.54) is 11.8 Å². The van der Waals surface area contributed by atoms with E-state index in [0.717, 1.165) is 22.4 Å². The Labute approximate surface area is 153 Å². The normalized spacial score (nSPS) is 13.2. The molecule has 0 amide bonds. The summed E-state index contributed by atoms with van der Waals surface area (Å²) in [5, 5.41) is 25.1. The Morgan fingerprint density at radius 2 is 1.92 bits per heavy atom. The molecule has 1 aliphatic rings. The van der Waals surface area contributed by atoms with Crippen LogP contribution in [0.3, 0.4) is 0 Å². The Morgan fingerprint density at radius 1 is 1.12 bits per heavy atom. The van der Waals surface area contributed by atoms with Gasteiger partial charge in [-0.05, 0) is 19.4 Å². The Kier molecular flexibility index (Phi) is 4.04. The molecular weight excluding hydrogens is 350 g/mol. The molecule has 130 valence electrons. The maximum atomic E-state index is 11.2. The van der Waals surface area contributed by atoms with Crippen LogP contribution in [0.2, 0.25) is 0 Å². The predicted molar refractivity (Wildman–Crippen MR) is 101 cm³/mol. The summed E-state index contributed by atoms with van der Waals surface area (Å²) in [4.78, 5) is 10.9. The highest BCUT2D eigenvalue weighted by atomic mass is 32.2. The molecule has 7 nitrogen and oxygen atoms in total. The number of fused-ring (bicyclic) bond motifs is 1. The molecule has 0 aliphatic carbocycles. The number of benzene rings is 2. The van der Waals surface area contributed by atoms with Gasteiger partial charge in [-0.25, -0.2) is 0 Å². The first-order chi connectivity index (χ1) is 12.5. The topological polar surface area (TPSA) is 86.2 Å². The number of aromatic nitrogens is 3. The summed E-state index contributed by atoms with van der Waals surface area (Å²) in [6.07, 6.45) is 0. The van der Waals surface area contributed by atoms with Crippen LogP contribution in [0.25, 0.3) is 11.4 Å². The van der Waals surface area contributed by atoms with E-state index in [1.54, 1.807) is 23.7 Å². The quantitative estimate of drug-likeness (QED) is 0.520. The summed E-state index contributed by atoms with van der Waals surface area (Å²) in [5.41, 5.74) is 4.29. The minimum absolute atomic E-state index is 0.101. The zero-order valence-electron chi connectivity index (χ0n) is 14.2. The van der Waals surface area contributed by atoms with E-state index in [9.17, 15) is 10.1 Å². The molecular formula is C18H15N5O2S. The Hall–Kier alpha value is -3.00. The van der Waals surface area contributed by atoms with Crippen LogP contribution in [0.4, 0.5) is 5.69 Å². The predicted octanol–water partition coefficient (Wildman–Crippen LogP) is 3.83. The molecule has 1 aliphatic heterocycles. The van der Waals surface area contributed by atoms with Crippen LogP contribution in [0.1, 0.15) is 16.7 Å². The van der Waals surface area contributed by atoms with Crippen LogP contribution in [-0.2, 0) is 0 Å². The average Bonchev–Trinajstić information content (AvgIpc) is 3.05. The molecule has 4 rings (SSSR count). The summed E-state index contributed by atoms with van der Waals surface area (Å²) in [7, 11) is 0. The molecule has 8 heteroatoms. The van der Waals surface area contributed by atoms with E-state index in [-0.39, 0.29) is 10.6 Å². The third-order valence-corrected chi connectivity index (χ3v) is 5.23. The Morgan fingerprint density at radius 3 is 2.69 bits per heavy atom. The molecule has 3 aromatic rings. The van der Waals surface area contributed by atoms with Gasteiger partial charge in [0, 0.05) is 28.5 Å². The average molecular weight is 365 g/mol. The minimum Gasteiger partial charge on any atom is -0.258 e. The minimum atomic E-state index is -0.363. The van der Waals surface area contributed by atoms with Gasteiger partial charge >= 0.3 is 0 Å². The fourth-order valence-electron chi connectivity index (χ4n) is 2.85. The summed E-state index contributed by atoms with van der Waals surface area (Å²) in [6.45, 7) is 3.74. The van der Waals surface area contributed by atoms with Gasteiger partial charge in [-0.1, -0.05) is 48.2 Å². The van der Waals surface area contributed by atoms with E-state index in [1.807, 2.05) is 37.3 Å². The lowest BCUT2D eigenvalue weighted by atomic mass is 10.1. The number of nitrogens with zero attached hydrogens (tertiary/aromatic N) is 5. The summed E-state index contributed by atoms with van der Waals surface area (Å²) in [5.74, 6) is 1.26. The van der Waals surface area contributed by atoms with Crippen molar-refractivity contribution in [1.29, 1.82) is 0 Å². The Bertz CT molecular complexity index is 1060. The maximum absolute atomic E-state index is 11.2. The zero-order valence-corrected chi connectivity index (χ0v) is 15.0. The van der Waals surface area contributed by atoms with Crippen molar-refractivity contribution < 1.29 is 4.92 Å². The molecule has 0 saturated carbocycles. The molecule has 1 aromatic heterocycles. The monoisotopic (exact) mass is 365 g/mol. The number of nitro groups is 1. The van der Waals surface area contributed by atoms with E-state index in [2.05, 4.69) is 15.3 Å². The van der Waals surface area contributed by atoms with Crippen molar-refractivity contribution in [2.75, 3.05) is 5.75 Å². The molecule has 0 bridgehead atoms. The van der Waals surface area contributed by atoms with E-state index >= 15 is 0 Å². The largest absolute Gasteiger partial charge is 0.272 e. The van der Waals surface area contributed by atoms with E-state index < -0.39 is 0 Å². The van der Waals surface area contributed by atoms with Gasteiger partial charge < -0.3 is 0 Å².